The molecule has 0 aliphatic rings. The Balaban J connectivity index is 2.02. The van der Waals surface area contributed by atoms with E-state index in [-0.39, 0.29) is 6.04 Å². The normalized spacial score (nSPS) is 12.9. The average molecular weight is 299 g/mol. The maximum absolute atomic E-state index is 6.01. The minimum atomic E-state index is 0.140. The minimum Gasteiger partial charge on any atom is -0.464 e. The summed E-state index contributed by atoms with van der Waals surface area (Å²) in [4.78, 5) is 0. The third kappa shape index (κ3) is 2.89. The predicted octanol–water partition coefficient (Wildman–Crippen LogP) is 5.15. The molecule has 0 aliphatic heterocycles. The van der Waals surface area contributed by atoms with Crippen molar-refractivity contribution >= 4 is 21.4 Å². The molecule has 21 heavy (non-hydrogen) atoms. The monoisotopic (exact) mass is 299 g/mol. The van der Waals surface area contributed by atoms with Gasteiger partial charge < -0.3 is 9.73 Å². The summed E-state index contributed by atoms with van der Waals surface area (Å²) in [5, 5.41) is 7.21. The number of hydrogen-bond acceptors (Lipinski definition) is 3. The van der Waals surface area contributed by atoms with Gasteiger partial charge in [0.15, 0.2) is 0 Å². The summed E-state index contributed by atoms with van der Waals surface area (Å²) in [5.41, 5.74) is 1.32. The quantitative estimate of drug-likeness (QED) is 0.681. The summed E-state index contributed by atoms with van der Waals surface area (Å²) in [7, 11) is 0. The van der Waals surface area contributed by atoms with Crippen molar-refractivity contribution in [2.45, 2.75) is 32.7 Å². The van der Waals surface area contributed by atoms with Gasteiger partial charge in [0.25, 0.3) is 0 Å². The largest absolute Gasteiger partial charge is 0.464 e. The zero-order valence-corrected chi connectivity index (χ0v) is 13.4. The molecule has 2 heterocycles. The molecule has 1 aromatic carbocycles. The molecule has 0 radical (unpaired) electrons. The molecule has 0 fully saturated rings. The summed E-state index contributed by atoms with van der Waals surface area (Å²) in [6.45, 7) is 5.30. The molecular formula is C18H21NOS. The van der Waals surface area contributed by atoms with Crippen LogP contribution in [0.4, 0.5) is 0 Å². The lowest BCUT2D eigenvalue weighted by atomic mass is 10.0. The van der Waals surface area contributed by atoms with Gasteiger partial charge in [0.2, 0.25) is 0 Å². The first kappa shape index (κ1) is 14.4. The Hall–Kier alpha value is -1.58. The number of rotatable bonds is 6. The number of aryl methyl sites for hydroxylation is 1. The van der Waals surface area contributed by atoms with E-state index in [1.54, 1.807) is 11.3 Å². The second-order valence-corrected chi connectivity index (χ2v) is 6.14. The van der Waals surface area contributed by atoms with Crippen molar-refractivity contribution < 1.29 is 4.42 Å². The zero-order valence-electron chi connectivity index (χ0n) is 12.6. The SMILES string of the molecule is CCCNC(c1ccc(CC)o1)c1csc2ccccc12. The van der Waals surface area contributed by atoms with Gasteiger partial charge in [-0.05, 0) is 47.5 Å². The van der Waals surface area contributed by atoms with E-state index in [4.69, 9.17) is 4.42 Å². The van der Waals surface area contributed by atoms with Crippen LogP contribution in [0.1, 0.15) is 43.4 Å². The molecule has 2 aromatic heterocycles. The lowest BCUT2D eigenvalue weighted by Gasteiger charge is -2.16. The van der Waals surface area contributed by atoms with E-state index >= 15 is 0 Å². The molecule has 0 aliphatic carbocycles. The lowest BCUT2D eigenvalue weighted by Crippen LogP contribution is -2.22. The van der Waals surface area contributed by atoms with Gasteiger partial charge in [-0.2, -0.15) is 0 Å². The van der Waals surface area contributed by atoms with Gasteiger partial charge in [-0.1, -0.05) is 32.0 Å². The molecule has 3 rings (SSSR count). The van der Waals surface area contributed by atoms with Crippen LogP contribution in [0.15, 0.2) is 46.2 Å². The van der Waals surface area contributed by atoms with Crippen LogP contribution in [-0.2, 0) is 6.42 Å². The van der Waals surface area contributed by atoms with Crippen molar-refractivity contribution in [3.63, 3.8) is 0 Å². The molecule has 0 saturated heterocycles. The van der Waals surface area contributed by atoms with E-state index in [0.717, 1.165) is 30.9 Å². The van der Waals surface area contributed by atoms with E-state index in [1.165, 1.54) is 15.6 Å². The molecular weight excluding hydrogens is 278 g/mol. The number of hydrogen-bond donors (Lipinski definition) is 1. The van der Waals surface area contributed by atoms with Gasteiger partial charge in [-0.3, -0.25) is 0 Å². The van der Waals surface area contributed by atoms with E-state index in [2.05, 4.69) is 60.9 Å². The van der Waals surface area contributed by atoms with Crippen molar-refractivity contribution in [1.82, 2.24) is 5.32 Å². The fourth-order valence-electron chi connectivity index (χ4n) is 2.61. The van der Waals surface area contributed by atoms with Crippen LogP contribution in [0.2, 0.25) is 0 Å². The Bertz CT molecular complexity index is 713. The Morgan fingerprint density at radius 1 is 1.14 bits per heavy atom. The fourth-order valence-corrected chi connectivity index (χ4v) is 3.60. The average Bonchev–Trinajstić information content (AvgIpc) is 3.15. The fraction of sp³-hybridized carbons (Fsp3) is 0.333. The molecule has 0 saturated carbocycles. The van der Waals surface area contributed by atoms with Gasteiger partial charge >= 0.3 is 0 Å². The lowest BCUT2D eigenvalue weighted by molar-refractivity contribution is 0.423. The number of furan rings is 1. The number of nitrogens with one attached hydrogen (secondary N) is 1. The summed E-state index contributed by atoms with van der Waals surface area (Å²) in [6.07, 6.45) is 2.05. The van der Waals surface area contributed by atoms with E-state index in [1.807, 2.05) is 0 Å². The van der Waals surface area contributed by atoms with Crippen LogP contribution >= 0.6 is 11.3 Å². The third-order valence-electron chi connectivity index (χ3n) is 3.74. The molecule has 3 heteroatoms. The summed E-state index contributed by atoms with van der Waals surface area (Å²) < 4.78 is 7.34. The highest BCUT2D eigenvalue weighted by atomic mass is 32.1. The highest BCUT2D eigenvalue weighted by Gasteiger charge is 2.20. The van der Waals surface area contributed by atoms with Crippen molar-refractivity contribution in [1.29, 1.82) is 0 Å². The minimum absolute atomic E-state index is 0.140. The van der Waals surface area contributed by atoms with Crippen LogP contribution in [0.25, 0.3) is 10.1 Å². The van der Waals surface area contributed by atoms with Gasteiger partial charge in [0.05, 0.1) is 6.04 Å². The molecule has 2 nitrogen and oxygen atoms in total. The van der Waals surface area contributed by atoms with Crippen molar-refractivity contribution in [3.05, 3.63) is 58.9 Å². The second kappa shape index (κ2) is 6.46. The molecule has 0 amide bonds. The highest BCUT2D eigenvalue weighted by molar-refractivity contribution is 7.17. The summed E-state index contributed by atoms with van der Waals surface area (Å²) >= 11 is 1.80. The first-order chi connectivity index (χ1) is 10.3. The molecule has 1 atom stereocenters. The van der Waals surface area contributed by atoms with Crippen LogP contribution in [0.5, 0.6) is 0 Å². The van der Waals surface area contributed by atoms with Gasteiger partial charge in [-0.25, -0.2) is 0 Å². The van der Waals surface area contributed by atoms with Crippen LogP contribution in [0.3, 0.4) is 0 Å². The van der Waals surface area contributed by atoms with Crippen molar-refractivity contribution in [2.75, 3.05) is 6.54 Å². The molecule has 3 aromatic rings. The number of thiophene rings is 1. The third-order valence-corrected chi connectivity index (χ3v) is 4.72. The van der Waals surface area contributed by atoms with Gasteiger partial charge in [-0.15, -0.1) is 11.3 Å². The Kier molecular flexibility index (Phi) is 4.42. The van der Waals surface area contributed by atoms with Crippen molar-refractivity contribution in [3.8, 4) is 0 Å². The first-order valence-corrected chi connectivity index (χ1v) is 8.49. The summed E-state index contributed by atoms with van der Waals surface area (Å²) in [5.74, 6) is 2.07. The molecule has 1 N–H and O–H groups in total. The summed E-state index contributed by atoms with van der Waals surface area (Å²) in [6, 6.07) is 12.9. The Morgan fingerprint density at radius 2 is 2.00 bits per heavy atom. The molecule has 0 spiro atoms. The smallest absolute Gasteiger partial charge is 0.125 e. The maximum atomic E-state index is 6.01. The topological polar surface area (TPSA) is 25.2 Å². The van der Waals surface area contributed by atoms with Crippen LogP contribution < -0.4 is 5.32 Å². The number of benzene rings is 1. The van der Waals surface area contributed by atoms with Crippen LogP contribution in [-0.4, -0.2) is 6.54 Å². The zero-order chi connectivity index (χ0) is 14.7. The van der Waals surface area contributed by atoms with E-state index < -0.39 is 0 Å². The van der Waals surface area contributed by atoms with E-state index in [0.29, 0.717) is 0 Å². The first-order valence-electron chi connectivity index (χ1n) is 7.61. The number of fused-ring (bicyclic) bond motifs is 1. The molecule has 1 unspecified atom stereocenters. The molecule has 0 bridgehead atoms. The Morgan fingerprint density at radius 3 is 2.76 bits per heavy atom. The standard InChI is InChI=1S/C18H21NOS/c1-3-11-19-18(16-10-9-13(4-2)20-16)15-12-21-17-8-6-5-7-14(15)17/h5-10,12,18-19H,3-4,11H2,1-2H3. The predicted molar refractivity (Wildman–Crippen MR) is 90.0 cm³/mol. The van der Waals surface area contributed by atoms with Gasteiger partial charge in [0, 0.05) is 11.1 Å². The second-order valence-electron chi connectivity index (χ2n) is 5.23. The van der Waals surface area contributed by atoms with Crippen molar-refractivity contribution in [2.24, 2.45) is 0 Å². The van der Waals surface area contributed by atoms with E-state index in [9.17, 15) is 0 Å². The maximum Gasteiger partial charge on any atom is 0.125 e. The van der Waals surface area contributed by atoms with Crippen LogP contribution in [0, 0.1) is 0 Å². The Labute approximate surface area is 129 Å². The van der Waals surface area contributed by atoms with Gasteiger partial charge in [0.1, 0.15) is 11.5 Å². The highest BCUT2D eigenvalue weighted by Crippen LogP contribution is 2.34. The molecule has 110 valence electrons.